The molecule has 2 aromatic rings. The van der Waals surface area contributed by atoms with Crippen LogP contribution in [-0.2, 0) is 5.41 Å². The predicted molar refractivity (Wildman–Crippen MR) is 90.7 cm³/mol. The van der Waals surface area contributed by atoms with Crippen LogP contribution < -0.4 is 0 Å². The Balaban J connectivity index is 2.04. The minimum absolute atomic E-state index is 0.0935. The van der Waals surface area contributed by atoms with Crippen LogP contribution in [0.4, 0.5) is 0 Å². The van der Waals surface area contributed by atoms with Crippen molar-refractivity contribution in [2.75, 3.05) is 13.1 Å². The summed E-state index contributed by atoms with van der Waals surface area (Å²) in [5.41, 5.74) is 1.37. The lowest BCUT2D eigenvalue weighted by atomic mass is 9.87. The van der Waals surface area contributed by atoms with Crippen molar-refractivity contribution >= 4 is 38.9 Å². The molecule has 1 aromatic carbocycles. The molecule has 112 valence electrons. The highest BCUT2D eigenvalue weighted by atomic mass is 35.5. The Kier molecular flexibility index (Phi) is 3.74. The van der Waals surface area contributed by atoms with Gasteiger partial charge in [0.25, 0.3) is 5.91 Å². The molecule has 0 saturated carbocycles. The van der Waals surface area contributed by atoms with Crippen molar-refractivity contribution in [3.05, 3.63) is 33.7 Å². The second kappa shape index (κ2) is 5.29. The molecule has 1 fully saturated rings. The fourth-order valence-corrected chi connectivity index (χ4v) is 4.25. The van der Waals surface area contributed by atoms with Gasteiger partial charge in [0.2, 0.25) is 0 Å². The Labute approximate surface area is 134 Å². The number of rotatable bonds is 1. The maximum atomic E-state index is 12.6. The quantitative estimate of drug-likeness (QED) is 0.716. The molecule has 0 atom stereocenters. The van der Waals surface area contributed by atoms with Gasteiger partial charge in [0, 0.05) is 23.2 Å². The van der Waals surface area contributed by atoms with Gasteiger partial charge in [-0.2, -0.15) is 0 Å². The van der Waals surface area contributed by atoms with E-state index in [1.165, 1.54) is 16.9 Å². The van der Waals surface area contributed by atoms with E-state index in [-0.39, 0.29) is 11.3 Å². The van der Waals surface area contributed by atoms with Crippen LogP contribution in [0.2, 0.25) is 5.02 Å². The first-order valence-corrected chi connectivity index (χ1v) is 8.59. The van der Waals surface area contributed by atoms with E-state index in [0.29, 0.717) is 9.90 Å². The second-order valence-electron chi connectivity index (χ2n) is 6.71. The van der Waals surface area contributed by atoms with Crippen molar-refractivity contribution in [3.63, 3.8) is 0 Å². The van der Waals surface area contributed by atoms with Crippen LogP contribution in [0.25, 0.3) is 10.1 Å². The molecule has 1 amide bonds. The maximum Gasteiger partial charge on any atom is 0.265 e. The molecule has 0 aliphatic carbocycles. The van der Waals surface area contributed by atoms with Gasteiger partial charge in [-0.3, -0.25) is 4.79 Å². The summed E-state index contributed by atoms with van der Waals surface area (Å²) in [4.78, 5) is 15.2. The van der Waals surface area contributed by atoms with Crippen LogP contribution in [0.1, 0.15) is 48.8 Å². The van der Waals surface area contributed by atoms with E-state index in [4.69, 9.17) is 11.6 Å². The molecular weight excluding hydrogens is 302 g/mol. The van der Waals surface area contributed by atoms with E-state index < -0.39 is 0 Å². The van der Waals surface area contributed by atoms with Gasteiger partial charge in [-0.1, -0.05) is 44.5 Å². The number of benzene rings is 1. The van der Waals surface area contributed by atoms with E-state index in [2.05, 4.69) is 39.0 Å². The van der Waals surface area contributed by atoms with Gasteiger partial charge in [-0.05, 0) is 29.9 Å². The lowest BCUT2D eigenvalue weighted by Crippen LogP contribution is -2.26. The molecule has 0 N–H and O–H groups in total. The molecular formula is C17H20ClNOS. The molecule has 0 unspecified atom stereocenters. The Morgan fingerprint density at radius 3 is 2.52 bits per heavy atom. The highest BCUT2D eigenvalue weighted by molar-refractivity contribution is 7.21. The fraction of sp³-hybridized carbons (Fsp3) is 0.471. The minimum atomic E-state index is 0.0935. The number of hydrogen-bond donors (Lipinski definition) is 0. The smallest absolute Gasteiger partial charge is 0.265 e. The summed E-state index contributed by atoms with van der Waals surface area (Å²) in [6.45, 7) is 8.30. The first-order chi connectivity index (χ1) is 9.88. The van der Waals surface area contributed by atoms with Crippen molar-refractivity contribution in [3.8, 4) is 0 Å². The largest absolute Gasteiger partial charge is 0.338 e. The lowest BCUT2D eigenvalue weighted by Gasteiger charge is -2.18. The average Bonchev–Trinajstić information content (AvgIpc) is 3.05. The molecule has 21 heavy (non-hydrogen) atoms. The first kappa shape index (κ1) is 14.9. The SMILES string of the molecule is CC(C)(C)c1ccc2c(Cl)c(C(=O)N3CCCC3)sc2c1. The third-order valence-electron chi connectivity index (χ3n) is 4.08. The van der Waals surface area contributed by atoms with E-state index in [1.807, 2.05) is 4.90 Å². The Morgan fingerprint density at radius 2 is 1.90 bits per heavy atom. The number of nitrogens with zero attached hydrogens (tertiary/aromatic N) is 1. The van der Waals surface area contributed by atoms with Gasteiger partial charge in [-0.15, -0.1) is 11.3 Å². The van der Waals surface area contributed by atoms with Crippen molar-refractivity contribution in [2.24, 2.45) is 0 Å². The summed E-state index contributed by atoms with van der Waals surface area (Å²) in [5, 5.41) is 1.62. The monoisotopic (exact) mass is 321 g/mol. The standard InChI is InChI=1S/C17H20ClNOS/c1-17(2,3)11-6-7-12-13(10-11)21-15(14(12)18)16(20)19-8-4-5-9-19/h6-7,10H,4-5,8-9H2,1-3H3. The highest BCUT2D eigenvalue weighted by Crippen LogP contribution is 2.38. The number of hydrogen-bond acceptors (Lipinski definition) is 2. The fourth-order valence-electron chi connectivity index (χ4n) is 2.73. The number of fused-ring (bicyclic) bond motifs is 1. The van der Waals surface area contributed by atoms with Gasteiger partial charge >= 0.3 is 0 Å². The molecule has 0 spiro atoms. The zero-order valence-electron chi connectivity index (χ0n) is 12.7. The molecule has 2 nitrogen and oxygen atoms in total. The second-order valence-corrected chi connectivity index (χ2v) is 8.14. The number of carbonyl (C=O) groups is 1. The predicted octanol–water partition coefficient (Wildman–Crippen LogP) is 5.09. The van der Waals surface area contributed by atoms with Crippen LogP contribution in [0, 0.1) is 0 Å². The Hall–Kier alpha value is -1.06. The topological polar surface area (TPSA) is 20.3 Å². The van der Waals surface area contributed by atoms with E-state index in [0.717, 1.165) is 36.0 Å². The number of amides is 1. The van der Waals surface area contributed by atoms with Crippen molar-refractivity contribution in [1.29, 1.82) is 0 Å². The number of likely N-dealkylation sites (tertiary alicyclic amines) is 1. The Bertz CT molecular complexity index is 693. The van der Waals surface area contributed by atoms with Gasteiger partial charge < -0.3 is 4.90 Å². The third kappa shape index (κ3) is 2.69. The van der Waals surface area contributed by atoms with Crippen LogP contribution in [0.15, 0.2) is 18.2 Å². The van der Waals surface area contributed by atoms with Crippen LogP contribution in [-0.4, -0.2) is 23.9 Å². The summed E-state index contributed by atoms with van der Waals surface area (Å²) < 4.78 is 1.11. The van der Waals surface area contributed by atoms with Crippen LogP contribution >= 0.6 is 22.9 Å². The molecule has 4 heteroatoms. The van der Waals surface area contributed by atoms with Crippen molar-refractivity contribution < 1.29 is 4.79 Å². The first-order valence-electron chi connectivity index (χ1n) is 7.40. The summed E-state index contributed by atoms with van der Waals surface area (Å²) in [7, 11) is 0. The lowest BCUT2D eigenvalue weighted by molar-refractivity contribution is 0.0798. The molecule has 1 aliphatic heterocycles. The average molecular weight is 322 g/mol. The molecule has 0 bridgehead atoms. The number of halogens is 1. The van der Waals surface area contributed by atoms with Gasteiger partial charge in [0.05, 0.1) is 5.02 Å². The number of thiophene rings is 1. The van der Waals surface area contributed by atoms with E-state index in [1.54, 1.807) is 0 Å². The zero-order chi connectivity index (χ0) is 15.2. The van der Waals surface area contributed by atoms with E-state index >= 15 is 0 Å². The van der Waals surface area contributed by atoms with E-state index in [9.17, 15) is 4.79 Å². The van der Waals surface area contributed by atoms with Gasteiger partial charge in [0.1, 0.15) is 4.88 Å². The molecule has 0 radical (unpaired) electrons. The van der Waals surface area contributed by atoms with Gasteiger partial charge in [-0.25, -0.2) is 0 Å². The van der Waals surface area contributed by atoms with Gasteiger partial charge in [0.15, 0.2) is 0 Å². The zero-order valence-corrected chi connectivity index (χ0v) is 14.3. The van der Waals surface area contributed by atoms with Crippen LogP contribution in [0.3, 0.4) is 0 Å². The molecule has 1 saturated heterocycles. The maximum absolute atomic E-state index is 12.6. The summed E-state index contributed by atoms with van der Waals surface area (Å²) >= 11 is 7.99. The van der Waals surface area contributed by atoms with Crippen molar-refractivity contribution in [1.82, 2.24) is 4.90 Å². The molecule has 1 aromatic heterocycles. The Morgan fingerprint density at radius 1 is 1.24 bits per heavy atom. The normalized spacial score (nSPS) is 15.9. The third-order valence-corrected chi connectivity index (χ3v) is 5.73. The molecule has 2 heterocycles. The summed E-state index contributed by atoms with van der Waals surface area (Å²) in [6.07, 6.45) is 2.20. The van der Waals surface area contributed by atoms with Crippen molar-refractivity contribution in [2.45, 2.75) is 39.0 Å². The highest BCUT2D eigenvalue weighted by Gasteiger charge is 2.25. The summed E-state index contributed by atoms with van der Waals surface area (Å²) in [5.74, 6) is 0.0935. The minimum Gasteiger partial charge on any atom is -0.338 e. The summed E-state index contributed by atoms with van der Waals surface area (Å²) in [6, 6.07) is 6.34. The number of carbonyl (C=O) groups excluding carboxylic acids is 1. The molecule has 1 aliphatic rings. The van der Waals surface area contributed by atoms with Crippen LogP contribution in [0.5, 0.6) is 0 Å². The molecule has 3 rings (SSSR count).